The van der Waals surface area contributed by atoms with Crippen molar-refractivity contribution in [3.8, 4) is 0 Å². The van der Waals surface area contributed by atoms with E-state index in [1.54, 1.807) is 0 Å². The molecular weight excluding hydrogens is 232 g/mol. The molecule has 0 heterocycles. The number of hydrogen-bond donors (Lipinski definition) is 0. The third-order valence-electron chi connectivity index (χ3n) is 2.52. The van der Waals surface area contributed by atoms with Gasteiger partial charge in [0.05, 0.1) is 0 Å². The van der Waals surface area contributed by atoms with E-state index in [1.807, 2.05) is 12.1 Å². The van der Waals surface area contributed by atoms with Crippen LogP contribution in [0.1, 0.15) is 12.5 Å². The molecule has 0 saturated heterocycles. The molecule has 2 rings (SSSR count). The molecule has 0 unspecified atom stereocenters. The Morgan fingerprint density at radius 2 is 1.69 bits per heavy atom. The van der Waals surface area contributed by atoms with Gasteiger partial charge in [-0.1, -0.05) is 65.3 Å². The Kier molecular flexibility index (Phi) is 3.81. The van der Waals surface area contributed by atoms with Crippen LogP contribution in [0.2, 0.25) is 5.02 Å². The van der Waals surface area contributed by atoms with Gasteiger partial charge in [0.1, 0.15) is 9.52 Å². The highest BCUT2D eigenvalue weighted by atomic mass is 35.5. The number of hydrogen-bond acceptors (Lipinski definition) is 0. The van der Waals surface area contributed by atoms with Crippen molar-refractivity contribution in [1.82, 2.24) is 0 Å². The average Bonchev–Trinajstić information content (AvgIpc) is 2.33. The quantitative estimate of drug-likeness (QED) is 0.728. The van der Waals surface area contributed by atoms with Gasteiger partial charge in [0.15, 0.2) is 0 Å². The lowest BCUT2D eigenvalue weighted by atomic mass is 10.2. The minimum atomic E-state index is 0.720. The van der Waals surface area contributed by atoms with E-state index >= 15 is 0 Å². The van der Waals surface area contributed by atoms with Crippen LogP contribution in [0.4, 0.5) is 0 Å². The fourth-order valence-electron chi connectivity index (χ4n) is 1.64. The van der Waals surface area contributed by atoms with Crippen molar-refractivity contribution in [2.75, 3.05) is 0 Å². The predicted molar refractivity (Wildman–Crippen MR) is 72.3 cm³/mol. The van der Waals surface area contributed by atoms with Crippen LogP contribution >= 0.6 is 11.6 Å². The van der Waals surface area contributed by atoms with Crippen molar-refractivity contribution < 1.29 is 0 Å². The molecule has 0 spiro atoms. The minimum Gasteiger partial charge on any atom is -0.0843 e. The van der Waals surface area contributed by atoms with Crippen LogP contribution in [0.15, 0.2) is 48.5 Å². The van der Waals surface area contributed by atoms with Crippen LogP contribution in [0.25, 0.3) is 0 Å². The SMILES string of the molecule is CCc1ccccc1[Si]c1ccc(Cl)cc1. The summed E-state index contributed by atoms with van der Waals surface area (Å²) in [6.45, 7) is 2.20. The standard InChI is InChI=1S/C14H13ClSi/c1-2-11-5-3-4-6-14(11)16-13-9-7-12(15)8-10-13/h3-10H,2H2,1H3. The molecule has 2 radical (unpaired) electrons. The van der Waals surface area contributed by atoms with Crippen molar-refractivity contribution in [1.29, 1.82) is 0 Å². The lowest BCUT2D eigenvalue weighted by Gasteiger charge is -2.06. The van der Waals surface area contributed by atoms with E-state index in [0.717, 1.165) is 21.0 Å². The zero-order chi connectivity index (χ0) is 11.4. The Morgan fingerprint density at radius 3 is 2.38 bits per heavy atom. The maximum Gasteiger partial charge on any atom is 0.121 e. The van der Waals surface area contributed by atoms with Crippen LogP contribution in [0.5, 0.6) is 0 Å². The molecule has 2 heteroatoms. The molecule has 0 atom stereocenters. The maximum absolute atomic E-state index is 5.88. The first-order chi connectivity index (χ1) is 7.79. The number of benzene rings is 2. The van der Waals surface area contributed by atoms with E-state index in [0.29, 0.717) is 0 Å². The second kappa shape index (κ2) is 5.33. The Balaban J connectivity index is 2.23. The minimum absolute atomic E-state index is 0.720. The molecule has 0 fully saturated rings. The topological polar surface area (TPSA) is 0 Å². The van der Waals surface area contributed by atoms with E-state index in [1.165, 1.54) is 15.9 Å². The third-order valence-corrected chi connectivity index (χ3v) is 4.15. The lowest BCUT2D eigenvalue weighted by Crippen LogP contribution is -2.29. The largest absolute Gasteiger partial charge is 0.121 e. The number of rotatable bonds is 3. The average molecular weight is 245 g/mol. The molecule has 0 aliphatic heterocycles. The smallest absolute Gasteiger partial charge is 0.0843 e. The second-order valence-corrected chi connectivity index (χ2v) is 5.45. The van der Waals surface area contributed by atoms with Crippen LogP contribution in [0.3, 0.4) is 0 Å². The summed E-state index contributed by atoms with van der Waals surface area (Å²) in [6, 6.07) is 16.8. The monoisotopic (exact) mass is 244 g/mol. The summed E-state index contributed by atoms with van der Waals surface area (Å²) in [5, 5.41) is 3.58. The molecule has 0 N–H and O–H groups in total. The van der Waals surface area contributed by atoms with Gasteiger partial charge < -0.3 is 0 Å². The zero-order valence-electron chi connectivity index (χ0n) is 9.20. The molecule has 0 aliphatic carbocycles. The van der Waals surface area contributed by atoms with Gasteiger partial charge in [-0.25, -0.2) is 0 Å². The Morgan fingerprint density at radius 1 is 1.00 bits per heavy atom. The summed E-state index contributed by atoms with van der Waals surface area (Å²) in [5.41, 5.74) is 1.44. The van der Waals surface area contributed by atoms with E-state index in [9.17, 15) is 0 Å². The van der Waals surface area contributed by atoms with Gasteiger partial charge in [-0.15, -0.1) is 0 Å². The highest BCUT2D eigenvalue weighted by molar-refractivity contribution is 6.67. The third kappa shape index (κ3) is 2.74. The van der Waals surface area contributed by atoms with E-state index in [2.05, 4.69) is 43.3 Å². The van der Waals surface area contributed by atoms with Gasteiger partial charge in [-0.3, -0.25) is 0 Å². The Hall–Kier alpha value is -1.05. The molecule has 2 aromatic rings. The zero-order valence-corrected chi connectivity index (χ0v) is 11.0. The molecule has 80 valence electrons. The molecule has 0 aliphatic rings. The summed E-state index contributed by atoms with van der Waals surface area (Å²) in [7, 11) is 0.720. The predicted octanol–water partition coefficient (Wildman–Crippen LogP) is 2.56. The van der Waals surface area contributed by atoms with Gasteiger partial charge >= 0.3 is 0 Å². The molecule has 0 saturated carbocycles. The normalized spacial score (nSPS) is 10.4. The fourth-order valence-corrected chi connectivity index (χ4v) is 3.01. The van der Waals surface area contributed by atoms with E-state index < -0.39 is 0 Å². The van der Waals surface area contributed by atoms with Crippen LogP contribution in [0, 0.1) is 0 Å². The van der Waals surface area contributed by atoms with Crippen molar-refractivity contribution in [2.45, 2.75) is 13.3 Å². The summed E-state index contributed by atoms with van der Waals surface area (Å²) in [6.07, 6.45) is 1.09. The fraction of sp³-hybridized carbons (Fsp3) is 0.143. The van der Waals surface area contributed by atoms with Crippen molar-refractivity contribution >= 4 is 31.5 Å². The van der Waals surface area contributed by atoms with Crippen molar-refractivity contribution in [3.63, 3.8) is 0 Å². The van der Waals surface area contributed by atoms with Crippen molar-refractivity contribution in [3.05, 3.63) is 59.1 Å². The Labute approximate surface area is 104 Å². The second-order valence-electron chi connectivity index (χ2n) is 3.64. The van der Waals surface area contributed by atoms with Gasteiger partial charge in [-0.2, -0.15) is 0 Å². The van der Waals surface area contributed by atoms with Crippen LogP contribution < -0.4 is 10.4 Å². The number of halogens is 1. The molecular formula is C14H13ClSi. The van der Waals surface area contributed by atoms with Gasteiger partial charge in [0, 0.05) is 5.02 Å². The lowest BCUT2D eigenvalue weighted by molar-refractivity contribution is 1.15. The van der Waals surface area contributed by atoms with Crippen molar-refractivity contribution in [2.24, 2.45) is 0 Å². The van der Waals surface area contributed by atoms with Gasteiger partial charge in [-0.05, 0) is 24.1 Å². The van der Waals surface area contributed by atoms with Gasteiger partial charge in [0.25, 0.3) is 0 Å². The van der Waals surface area contributed by atoms with Crippen LogP contribution in [-0.2, 0) is 6.42 Å². The molecule has 0 aromatic heterocycles. The number of aryl methyl sites for hydroxylation is 1. The van der Waals surface area contributed by atoms with E-state index in [-0.39, 0.29) is 0 Å². The first kappa shape index (κ1) is 11.4. The summed E-state index contributed by atoms with van der Waals surface area (Å²) >= 11 is 5.88. The highest BCUT2D eigenvalue weighted by Crippen LogP contribution is 2.03. The van der Waals surface area contributed by atoms with Crippen LogP contribution in [-0.4, -0.2) is 9.52 Å². The highest BCUT2D eigenvalue weighted by Gasteiger charge is 2.02. The molecule has 0 bridgehead atoms. The molecule has 0 nitrogen and oxygen atoms in total. The Bertz CT molecular complexity index is 462. The van der Waals surface area contributed by atoms with E-state index in [4.69, 9.17) is 11.6 Å². The maximum atomic E-state index is 5.88. The first-order valence-corrected chi connectivity index (χ1v) is 6.78. The molecule has 0 amide bonds. The summed E-state index contributed by atoms with van der Waals surface area (Å²) in [5.74, 6) is 0. The first-order valence-electron chi connectivity index (χ1n) is 5.40. The summed E-state index contributed by atoms with van der Waals surface area (Å²) in [4.78, 5) is 0. The molecule has 16 heavy (non-hydrogen) atoms. The summed E-state index contributed by atoms with van der Waals surface area (Å²) < 4.78 is 0. The van der Waals surface area contributed by atoms with Gasteiger partial charge in [0.2, 0.25) is 0 Å². The molecule has 2 aromatic carbocycles.